The van der Waals surface area contributed by atoms with Crippen LogP contribution in [0.25, 0.3) is 5.69 Å². The van der Waals surface area contributed by atoms with Gasteiger partial charge in [0.2, 0.25) is 0 Å². The van der Waals surface area contributed by atoms with Crippen molar-refractivity contribution in [1.29, 1.82) is 0 Å². The number of hydrogen-bond donors (Lipinski definition) is 1. The van der Waals surface area contributed by atoms with Crippen LogP contribution in [0.3, 0.4) is 0 Å². The van der Waals surface area contributed by atoms with E-state index in [2.05, 4.69) is 20.8 Å². The molecule has 2 aromatic carbocycles. The largest absolute Gasteiger partial charge is 0.481 e. The zero-order chi connectivity index (χ0) is 17.6. The van der Waals surface area contributed by atoms with Gasteiger partial charge in [-0.2, -0.15) is 0 Å². The molecule has 0 bridgehead atoms. The Morgan fingerprint density at radius 3 is 2.52 bits per heavy atom. The van der Waals surface area contributed by atoms with E-state index in [0.29, 0.717) is 17.9 Å². The maximum Gasteiger partial charge on any atom is 0.265 e. The summed E-state index contributed by atoms with van der Waals surface area (Å²) >= 11 is 0. The number of hydrogen-bond acceptors (Lipinski definition) is 5. The molecule has 0 aliphatic carbocycles. The average molecular weight is 341 g/mol. The highest BCUT2D eigenvalue weighted by molar-refractivity contribution is 5.94. The predicted molar refractivity (Wildman–Crippen MR) is 88.9 cm³/mol. The van der Waals surface area contributed by atoms with Crippen molar-refractivity contribution in [3.8, 4) is 11.4 Å². The number of rotatable bonds is 6. The Hall–Kier alpha value is -3.29. The van der Waals surface area contributed by atoms with E-state index in [4.69, 9.17) is 4.74 Å². The second-order valence-electron chi connectivity index (χ2n) is 5.26. The summed E-state index contributed by atoms with van der Waals surface area (Å²) < 4.78 is 20.1. The molecule has 3 rings (SSSR count). The first-order valence-electron chi connectivity index (χ1n) is 7.72. The van der Waals surface area contributed by atoms with Gasteiger partial charge < -0.3 is 10.1 Å². The average Bonchev–Trinajstić information content (AvgIpc) is 3.16. The number of aromatic nitrogens is 4. The minimum atomic E-state index is -0.676. The van der Waals surface area contributed by atoms with Crippen molar-refractivity contribution in [1.82, 2.24) is 20.2 Å². The number of tetrazole rings is 1. The number of nitrogens with zero attached hydrogens (tertiary/aromatic N) is 4. The number of carbonyl (C=O) groups is 1. The van der Waals surface area contributed by atoms with Gasteiger partial charge in [0.25, 0.3) is 5.91 Å². The molecule has 1 aromatic heterocycles. The number of amides is 1. The molecule has 1 N–H and O–H groups in total. The van der Waals surface area contributed by atoms with Crippen molar-refractivity contribution in [2.24, 2.45) is 0 Å². The van der Waals surface area contributed by atoms with Crippen LogP contribution >= 0.6 is 0 Å². The molecule has 0 unspecified atom stereocenters. The van der Waals surface area contributed by atoms with Gasteiger partial charge in [-0.25, -0.2) is 9.07 Å². The molecule has 0 saturated heterocycles. The summed E-state index contributed by atoms with van der Waals surface area (Å²) in [5.41, 5.74) is 1.40. The van der Waals surface area contributed by atoms with Gasteiger partial charge in [0.15, 0.2) is 6.10 Å². The first-order chi connectivity index (χ1) is 12.2. The van der Waals surface area contributed by atoms with E-state index < -0.39 is 6.10 Å². The molecule has 25 heavy (non-hydrogen) atoms. The third-order valence-electron chi connectivity index (χ3n) is 3.50. The van der Waals surface area contributed by atoms with E-state index >= 15 is 0 Å². The second kappa shape index (κ2) is 7.52. The predicted octanol–water partition coefficient (Wildman–Crippen LogP) is 2.60. The Morgan fingerprint density at radius 1 is 1.20 bits per heavy atom. The van der Waals surface area contributed by atoms with Crippen LogP contribution in [-0.2, 0) is 4.79 Å². The Kier molecular flexibility index (Phi) is 4.98. The summed E-state index contributed by atoms with van der Waals surface area (Å²) in [4.78, 5) is 12.4. The highest BCUT2D eigenvalue weighted by Gasteiger charge is 2.18. The van der Waals surface area contributed by atoms with Crippen molar-refractivity contribution in [2.45, 2.75) is 19.4 Å². The second-order valence-corrected chi connectivity index (χ2v) is 5.26. The Labute approximate surface area is 143 Å². The van der Waals surface area contributed by atoms with Gasteiger partial charge in [0.1, 0.15) is 17.9 Å². The van der Waals surface area contributed by atoms with Crippen LogP contribution in [0, 0.1) is 5.82 Å². The van der Waals surface area contributed by atoms with Crippen molar-refractivity contribution in [2.75, 3.05) is 5.32 Å². The normalized spacial score (nSPS) is 11.8. The van der Waals surface area contributed by atoms with Gasteiger partial charge in [0.05, 0.1) is 5.69 Å². The van der Waals surface area contributed by atoms with E-state index in [1.54, 1.807) is 24.3 Å². The molecule has 0 spiro atoms. The molecule has 1 heterocycles. The molecule has 1 atom stereocenters. The first kappa shape index (κ1) is 16.6. The third kappa shape index (κ3) is 4.17. The molecule has 0 saturated carbocycles. The minimum Gasteiger partial charge on any atom is -0.481 e. The van der Waals surface area contributed by atoms with Gasteiger partial charge in [-0.1, -0.05) is 6.92 Å². The lowest BCUT2D eigenvalue weighted by Crippen LogP contribution is -2.32. The molecule has 8 heteroatoms. The third-order valence-corrected chi connectivity index (χ3v) is 3.50. The molecular formula is C17H16FN5O2. The fourth-order valence-electron chi connectivity index (χ4n) is 2.20. The highest BCUT2D eigenvalue weighted by atomic mass is 19.1. The molecule has 7 nitrogen and oxygen atoms in total. The smallest absolute Gasteiger partial charge is 0.265 e. The SMILES string of the molecule is CC[C@@H](Oc1ccc(F)cc1)C(=O)Nc1ccc(-n2cnnn2)cc1. The van der Waals surface area contributed by atoms with Gasteiger partial charge in [0, 0.05) is 5.69 Å². The lowest BCUT2D eigenvalue weighted by atomic mass is 10.2. The molecule has 128 valence electrons. The minimum absolute atomic E-state index is 0.276. The van der Waals surface area contributed by atoms with Crippen LogP contribution in [0.2, 0.25) is 0 Å². The Bertz CT molecular complexity index is 819. The summed E-state index contributed by atoms with van der Waals surface area (Å²) in [6.45, 7) is 1.84. The zero-order valence-corrected chi connectivity index (χ0v) is 13.5. The summed E-state index contributed by atoms with van der Waals surface area (Å²) in [7, 11) is 0. The monoisotopic (exact) mass is 341 g/mol. The maximum absolute atomic E-state index is 12.9. The van der Waals surface area contributed by atoms with Crippen LogP contribution in [0.5, 0.6) is 5.75 Å². The zero-order valence-electron chi connectivity index (χ0n) is 13.5. The summed E-state index contributed by atoms with van der Waals surface area (Å²) in [5.74, 6) is -0.188. The molecule has 1 amide bonds. The molecular weight excluding hydrogens is 325 g/mol. The number of ether oxygens (including phenoxy) is 1. The molecule has 0 radical (unpaired) electrons. The van der Waals surface area contributed by atoms with Crippen molar-refractivity contribution < 1.29 is 13.9 Å². The fraction of sp³-hybridized carbons (Fsp3) is 0.176. The van der Waals surface area contributed by atoms with E-state index in [1.165, 1.54) is 35.3 Å². The molecule has 0 aliphatic heterocycles. The summed E-state index contributed by atoms with van der Waals surface area (Å²) in [5, 5.41) is 13.7. The van der Waals surface area contributed by atoms with E-state index in [-0.39, 0.29) is 11.7 Å². The lowest BCUT2D eigenvalue weighted by Gasteiger charge is -2.17. The van der Waals surface area contributed by atoms with Gasteiger partial charge in [-0.05, 0) is 65.4 Å². The van der Waals surface area contributed by atoms with Crippen molar-refractivity contribution in [3.63, 3.8) is 0 Å². The number of anilines is 1. The standard InChI is InChI=1S/C17H16FN5O2/c1-2-16(25-15-9-3-12(18)4-10-15)17(24)20-13-5-7-14(8-6-13)23-11-19-21-22-23/h3-11,16H,2H2,1H3,(H,20,24)/t16-/m1/s1. The van der Waals surface area contributed by atoms with E-state index in [1.807, 2.05) is 6.92 Å². The summed E-state index contributed by atoms with van der Waals surface area (Å²) in [6, 6.07) is 12.6. The number of halogens is 1. The summed E-state index contributed by atoms with van der Waals surface area (Å²) in [6.07, 6.45) is 1.29. The van der Waals surface area contributed by atoms with Crippen LogP contribution < -0.4 is 10.1 Å². The Balaban J connectivity index is 1.64. The van der Waals surface area contributed by atoms with E-state index in [9.17, 15) is 9.18 Å². The van der Waals surface area contributed by atoms with Crippen LogP contribution in [0.15, 0.2) is 54.9 Å². The van der Waals surface area contributed by atoms with Crippen LogP contribution in [0.1, 0.15) is 13.3 Å². The molecule has 0 aliphatic rings. The first-order valence-corrected chi connectivity index (χ1v) is 7.72. The molecule has 0 fully saturated rings. The van der Waals surface area contributed by atoms with Crippen LogP contribution in [-0.4, -0.2) is 32.2 Å². The topological polar surface area (TPSA) is 81.9 Å². The Morgan fingerprint density at radius 2 is 1.92 bits per heavy atom. The number of benzene rings is 2. The highest BCUT2D eigenvalue weighted by Crippen LogP contribution is 2.17. The lowest BCUT2D eigenvalue weighted by molar-refractivity contribution is -0.122. The van der Waals surface area contributed by atoms with Crippen molar-refractivity contribution in [3.05, 3.63) is 60.7 Å². The van der Waals surface area contributed by atoms with E-state index in [0.717, 1.165) is 5.69 Å². The number of nitrogens with one attached hydrogen (secondary N) is 1. The van der Waals surface area contributed by atoms with Crippen molar-refractivity contribution >= 4 is 11.6 Å². The van der Waals surface area contributed by atoms with Gasteiger partial charge >= 0.3 is 0 Å². The maximum atomic E-state index is 12.9. The van der Waals surface area contributed by atoms with Crippen LogP contribution in [0.4, 0.5) is 10.1 Å². The van der Waals surface area contributed by atoms with Gasteiger partial charge in [-0.3, -0.25) is 4.79 Å². The number of carbonyl (C=O) groups excluding carboxylic acids is 1. The quantitative estimate of drug-likeness (QED) is 0.745. The fourth-order valence-corrected chi connectivity index (χ4v) is 2.20. The van der Waals surface area contributed by atoms with Gasteiger partial charge in [-0.15, -0.1) is 5.10 Å². The molecule has 3 aromatic rings.